The maximum Gasteiger partial charge on any atom is 0.252 e. The van der Waals surface area contributed by atoms with E-state index in [0.717, 1.165) is 4.47 Å². The van der Waals surface area contributed by atoms with Crippen LogP contribution in [0.1, 0.15) is 15.9 Å². The third kappa shape index (κ3) is 3.54. The SMILES string of the molecule is NC(=O)c1cnccc1NCCc1cc(Br)ccc1F. The van der Waals surface area contributed by atoms with Crippen molar-refractivity contribution >= 4 is 27.5 Å². The van der Waals surface area contributed by atoms with Crippen molar-refractivity contribution in [2.75, 3.05) is 11.9 Å². The van der Waals surface area contributed by atoms with E-state index < -0.39 is 5.91 Å². The molecule has 1 aromatic heterocycles. The molecule has 0 fully saturated rings. The van der Waals surface area contributed by atoms with Crippen molar-refractivity contribution in [3.8, 4) is 0 Å². The first-order valence-corrected chi connectivity index (χ1v) is 6.79. The Hall–Kier alpha value is -1.95. The number of rotatable bonds is 5. The largest absolute Gasteiger partial charge is 0.384 e. The maximum absolute atomic E-state index is 13.6. The van der Waals surface area contributed by atoms with E-state index in [9.17, 15) is 9.18 Å². The van der Waals surface area contributed by atoms with Gasteiger partial charge in [0.15, 0.2) is 0 Å². The first-order valence-electron chi connectivity index (χ1n) is 5.99. The molecule has 1 amide bonds. The van der Waals surface area contributed by atoms with Gasteiger partial charge in [0, 0.05) is 23.4 Å². The number of benzene rings is 1. The molecule has 1 aromatic carbocycles. The number of amides is 1. The highest BCUT2D eigenvalue weighted by atomic mass is 79.9. The second kappa shape index (κ2) is 6.47. The Bertz CT molecular complexity index is 634. The van der Waals surface area contributed by atoms with Gasteiger partial charge in [0.2, 0.25) is 0 Å². The van der Waals surface area contributed by atoms with Gasteiger partial charge in [0.05, 0.1) is 11.3 Å². The summed E-state index contributed by atoms with van der Waals surface area (Å²) >= 11 is 3.31. The molecule has 4 nitrogen and oxygen atoms in total. The summed E-state index contributed by atoms with van der Waals surface area (Å²) in [6.07, 6.45) is 3.46. The number of aromatic nitrogens is 1. The van der Waals surface area contributed by atoms with Crippen molar-refractivity contribution < 1.29 is 9.18 Å². The summed E-state index contributed by atoms with van der Waals surface area (Å²) in [7, 11) is 0. The molecule has 0 spiro atoms. The molecule has 6 heteroatoms. The third-order valence-electron chi connectivity index (χ3n) is 2.80. The predicted octanol–water partition coefficient (Wildman–Crippen LogP) is 2.74. The molecule has 3 N–H and O–H groups in total. The van der Waals surface area contributed by atoms with Gasteiger partial charge in [-0.15, -0.1) is 0 Å². The van der Waals surface area contributed by atoms with E-state index in [1.54, 1.807) is 24.4 Å². The summed E-state index contributed by atoms with van der Waals surface area (Å²) < 4.78 is 14.4. The van der Waals surface area contributed by atoms with Crippen LogP contribution >= 0.6 is 15.9 Å². The molecule has 1 heterocycles. The molecule has 0 aliphatic heterocycles. The molecule has 20 heavy (non-hydrogen) atoms. The van der Waals surface area contributed by atoms with Crippen molar-refractivity contribution in [2.45, 2.75) is 6.42 Å². The normalized spacial score (nSPS) is 10.3. The van der Waals surface area contributed by atoms with Crippen LogP contribution in [0.2, 0.25) is 0 Å². The number of halogens is 2. The summed E-state index contributed by atoms with van der Waals surface area (Å²) in [5.41, 5.74) is 6.78. The Balaban J connectivity index is 2.03. The van der Waals surface area contributed by atoms with Gasteiger partial charge < -0.3 is 11.1 Å². The summed E-state index contributed by atoms with van der Waals surface area (Å²) in [4.78, 5) is 15.1. The summed E-state index contributed by atoms with van der Waals surface area (Å²) in [5, 5.41) is 3.07. The Kier molecular flexibility index (Phi) is 4.68. The van der Waals surface area contributed by atoms with Gasteiger partial charge >= 0.3 is 0 Å². The number of carbonyl (C=O) groups is 1. The van der Waals surface area contributed by atoms with Gasteiger partial charge in [-0.1, -0.05) is 15.9 Å². The molecule has 0 unspecified atom stereocenters. The van der Waals surface area contributed by atoms with Crippen LogP contribution in [-0.4, -0.2) is 17.4 Å². The molecule has 0 bridgehead atoms. The molecule has 2 rings (SSSR count). The second-order valence-corrected chi connectivity index (χ2v) is 5.11. The first kappa shape index (κ1) is 14.5. The summed E-state index contributed by atoms with van der Waals surface area (Å²) in [6.45, 7) is 0.484. The number of pyridine rings is 1. The molecule has 0 saturated carbocycles. The van der Waals surface area contributed by atoms with Crippen molar-refractivity contribution in [1.82, 2.24) is 4.98 Å². The summed E-state index contributed by atoms with van der Waals surface area (Å²) in [5.74, 6) is -0.797. The van der Waals surface area contributed by atoms with E-state index in [4.69, 9.17) is 5.73 Å². The van der Waals surface area contributed by atoms with Gasteiger partial charge in [0.25, 0.3) is 5.91 Å². The average Bonchev–Trinajstić information content (AvgIpc) is 2.43. The number of primary amides is 1. The van der Waals surface area contributed by atoms with Gasteiger partial charge in [0.1, 0.15) is 5.82 Å². The molecule has 0 aliphatic carbocycles. The monoisotopic (exact) mass is 337 g/mol. The Morgan fingerprint density at radius 2 is 2.20 bits per heavy atom. The van der Waals surface area contributed by atoms with E-state index in [-0.39, 0.29) is 5.82 Å². The van der Waals surface area contributed by atoms with Gasteiger partial charge in [-0.05, 0) is 36.2 Å². The Morgan fingerprint density at radius 3 is 2.95 bits per heavy atom. The van der Waals surface area contributed by atoms with Crippen molar-refractivity contribution in [2.24, 2.45) is 5.73 Å². The summed E-state index contributed by atoms with van der Waals surface area (Å²) in [6, 6.07) is 6.47. The standard InChI is InChI=1S/C14H13BrFN3O/c15-10-1-2-12(16)9(7-10)3-6-19-13-4-5-18-8-11(13)14(17)20/h1-2,4-5,7-8H,3,6H2,(H2,17,20)(H,18,19). The van der Waals surface area contributed by atoms with Gasteiger partial charge in [-0.3, -0.25) is 9.78 Å². The lowest BCUT2D eigenvalue weighted by Crippen LogP contribution is -2.16. The number of hydrogen-bond donors (Lipinski definition) is 2. The van der Waals surface area contributed by atoms with E-state index in [0.29, 0.717) is 29.8 Å². The van der Waals surface area contributed by atoms with Crippen LogP contribution in [0.3, 0.4) is 0 Å². The number of nitrogens with two attached hydrogens (primary N) is 1. The maximum atomic E-state index is 13.6. The highest BCUT2D eigenvalue weighted by Gasteiger charge is 2.08. The Labute approximate surface area is 124 Å². The fourth-order valence-electron chi connectivity index (χ4n) is 1.81. The van der Waals surface area contributed by atoms with Crippen LogP contribution in [-0.2, 0) is 6.42 Å². The first-order chi connectivity index (χ1) is 9.58. The molecule has 0 atom stereocenters. The van der Waals surface area contributed by atoms with Crippen LogP contribution in [0.25, 0.3) is 0 Å². The fraction of sp³-hybridized carbons (Fsp3) is 0.143. The average molecular weight is 338 g/mol. The lowest BCUT2D eigenvalue weighted by Gasteiger charge is -2.10. The minimum atomic E-state index is -0.547. The van der Waals surface area contributed by atoms with Crippen LogP contribution in [0.5, 0.6) is 0 Å². The predicted molar refractivity (Wildman–Crippen MR) is 79.0 cm³/mol. The molecule has 0 radical (unpaired) electrons. The van der Waals surface area contributed by atoms with Gasteiger partial charge in [-0.25, -0.2) is 4.39 Å². The van der Waals surface area contributed by atoms with Crippen molar-refractivity contribution in [3.63, 3.8) is 0 Å². The van der Waals surface area contributed by atoms with Crippen LogP contribution in [0.15, 0.2) is 41.1 Å². The van der Waals surface area contributed by atoms with Gasteiger partial charge in [-0.2, -0.15) is 0 Å². The zero-order valence-corrected chi connectivity index (χ0v) is 12.2. The molecule has 0 aliphatic rings. The number of nitrogens with zero attached hydrogens (tertiary/aromatic N) is 1. The zero-order chi connectivity index (χ0) is 14.5. The Morgan fingerprint density at radius 1 is 1.40 bits per heavy atom. The highest BCUT2D eigenvalue weighted by Crippen LogP contribution is 2.17. The van der Waals surface area contributed by atoms with E-state index >= 15 is 0 Å². The van der Waals surface area contributed by atoms with Crippen LogP contribution in [0.4, 0.5) is 10.1 Å². The number of anilines is 1. The minimum absolute atomic E-state index is 0.250. The van der Waals surface area contributed by atoms with Crippen molar-refractivity contribution in [1.29, 1.82) is 0 Å². The van der Waals surface area contributed by atoms with E-state index in [2.05, 4.69) is 26.2 Å². The van der Waals surface area contributed by atoms with Crippen LogP contribution < -0.4 is 11.1 Å². The minimum Gasteiger partial charge on any atom is -0.384 e. The number of hydrogen-bond acceptors (Lipinski definition) is 3. The molecular weight excluding hydrogens is 325 g/mol. The number of carbonyl (C=O) groups excluding carboxylic acids is 1. The quantitative estimate of drug-likeness (QED) is 0.881. The van der Waals surface area contributed by atoms with Crippen molar-refractivity contribution in [3.05, 3.63) is 58.1 Å². The highest BCUT2D eigenvalue weighted by molar-refractivity contribution is 9.10. The van der Waals surface area contributed by atoms with E-state index in [1.165, 1.54) is 12.3 Å². The fourth-order valence-corrected chi connectivity index (χ4v) is 2.22. The van der Waals surface area contributed by atoms with Crippen LogP contribution in [0, 0.1) is 5.82 Å². The smallest absolute Gasteiger partial charge is 0.252 e. The zero-order valence-electron chi connectivity index (χ0n) is 10.6. The van der Waals surface area contributed by atoms with E-state index in [1.807, 2.05) is 0 Å². The topological polar surface area (TPSA) is 68.0 Å². The number of nitrogens with one attached hydrogen (secondary N) is 1. The molecule has 2 aromatic rings. The molecular formula is C14H13BrFN3O. The second-order valence-electron chi connectivity index (χ2n) is 4.20. The molecule has 104 valence electrons. The lowest BCUT2D eigenvalue weighted by molar-refractivity contribution is 0.100. The lowest BCUT2D eigenvalue weighted by atomic mass is 10.1. The molecule has 0 saturated heterocycles. The third-order valence-corrected chi connectivity index (χ3v) is 3.30.